The van der Waals surface area contributed by atoms with E-state index in [0.29, 0.717) is 12.0 Å². The maximum Gasteiger partial charge on any atom is 0.424 e. The number of aliphatic carboxylic acids is 1. The number of nitrogens with zero attached hydrogens (tertiary/aromatic N) is 1. The number of halogens is 4. The number of nitrogens with one attached hydrogen (secondary N) is 1. The molecule has 13 heteroatoms. The molecule has 240 valence electrons. The zero-order valence-electron chi connectivity index (χ0n) is 25.3. The molecular weight excluding hydrogens is 586 g/mol. The van der Waals surface area contributed by atoms with Crippen molar-refractivity contribution in [3.05, 3.63) is 76.7 Å². The van der Waals surface area contributed by atoms with Gasteiger partial charge in [-0.2, -0.15) is 13.2 Å². The smallest absolute Gasteiger partial charge is 0.424 e. The van der Waals surface area contributed by atoms with Crippen molar-refractivity contribution in [3.63, 3.8) is 0 Å². The monoisotopic (exact) mass is 623 g/mol. The summed E-state index contributed by atoms with van der Waals surface area (Å²) in [6, 6.07) is 10.0. The summed E-state index contributed by atoms with van der Waals surface area (Å²) >= 11 is 0. The molecule has 3 aromatic rings. The molecule has 3 rings (SSSR count). The van der Waals surface area contributed by atoms with Crippen LogP contribution in [0.2, 0.25) is 0 Å². The third-order valence-corrected chi connectivity index (χ3v) is 6.85. The van der Waals surface area contributed by atoms with Gasteiger partial charge in [0.25, 0.3) is 5.91 Å². The minimum Gasteiger partial charge on any atom is -0.493 e. The van der Waals surface area contributed by atoms with Crippen LogP contribution in [0.1, 0.15) is 61.3 Å². The number of carbonyl (C=O) groups excluding carboxylic acids is 1. The third kappa shape index (κ3) is 8.23. The number of alkyl halides is 3. The highest BCUT2D eigenvalue weighted by Gasteiger charge is 2.56. The lowest BCUT2D eigenvalue weighted by atomic mass is 9.86. The predicted octanol–water partition coefficient (Wildman–Crippen LogP) is 5.46. The first-order valence-corrected chi connectivity index (χ1v) is 13.7. The summed E-state index contributed by atoms with van der Waals surface area (Å²) in [5.74, 6) is -2.81. The van der Waals surface area contributed by atoms with Gasteiger partial charge in [0, 0.05) is 16.7 Å². The molecule has 0 fully saturated rings. The number of benzene rings is 2. The summed E-state index contributed by atoms with van der Waals surface area (Å²) in [6.45, 7) is 6.83. The molecule has 0 aliphatic heterocycles. The van der Waals surface area contributed by atoms with E-state index < -0.39 is 53.9 Å². The summed E-state index contributed by atoms with van der Waals surface area (Å²) in [4.78, 5) is 27.7. The van der Waals surface area contributed by atoms with Crippen LogP contribution in [0.15, 0.2) is 48.5 Å². The number of aromatic nitrogens is 1. The minimum absolute atomic E-state index is 0.00595. The molecule has 0 aliphatic rings. The molecule has 44 heavy (non-hydrogen) atoms. The Morgan fingerprint density at radius 2 is 1.70 bits per heavy atom. The van der Waals surface area contributed by atoms with Crippen molar-refractivity contribution in [2.24, 2.45) is 5.73 Å². The first kappa shape index (κ1) is 36.0. The van der Waals surface area contributed by atoms with Crippen molar-refractivity contribution < 1.29 is 46.8 Å². The Morgan fingerprint density at radius 3 is 2.25 bits per heavy atom. The van der Waals surface area contributed by atoms with Crippen molar-refractivity contribution in [2.45, 2.75) is 58.4 Å². The van der Waals surface area contributed by atoms with Crippen LogP contribution < -0.4 is 20.5 Å². The molecule has 0 radical (unpaired) electrons. The molecule has 1 aromatic heterocycles. The van der Waals surface area contributed by atoms with E-state index in [-0.39, 0.29) is 33.9 Å². The standard InChI is InChI=1S/C29H31F4N3O6.C2H6/c1-5-27(3,34)19-12-21(17-6-8-20(30)16(2)10-17)36-24(13-19)28(40,29(31,32)33)15-35-26(39)18-7-9-22(23(11-18)41-4)42-14-25(37)38;1-2/h6-13,40H,5,14-15,34H2,1-4H3,(H,35,39)(H,37,38);1-2H3. The number of methoxy groups -OCH3 is 1. The summed E-state index contributed by atoms with van der Waals surface area (Å²) in [5.41, 5.74) is 1.43. The Kier molecular flexibility index (Phi) is 11.8. The van der Waals surface area contributed by atoms with Gasteiger partial charge >= 0.3 is 12.1 Å². The van der Waals surface area contributed by atoms with Crippen molar-refractivity contribution in [2.75, 3.05) is 20.3 Å². The molecule has 1 amide bonds. The second kappa shape index (κ2) is 14.5. The molecule has 0 spiro atoms. The molecule has 0 saturated heterocycles. The van der Waals surface area contributed by atoms with E-state index in [1.54, 1.807) is 13.8 Å². The van der Waals surface area contributed by atoms with Crippen LogP contribution in [-0.2, 0) is 15.9 Å². The molecule has 2 aromatic carbocycles. The minimum atomic E-state index is -5.30. The number of nitrogens with two attached hydrogens (primary N) is 1. The normalized spacial score (nSPS) is 13.9. The van der Waals surface area contributed by atoms with Gasteiger partial charge in [-0.15, -0.1) is 0 Å². The Balaban J connectivity index is 0.00000330. The highest BCUT2D eigenvalue weighted by molar-refractivity contribution is 5.95. The van der Waals surface area contributed by atoms with Crippen LogP contribution >= 0.6 is 0 Å². The van der Waals surface area contributed by atoms with Gasteiger partial charge in [-0.1, -0.05) is 20.8 Å². The van der Waals surface area contributed by atoms with E-state index in [0.717, 1.165) is 18.2 Å². The third-order valence-electron chi connectivity index (χ3n) is 6.85. The second-order valence-electron chi connectivity index (χ2n) is 9.95. The SMILES string of the molecule is CC.CCC(C)(N)c1cc(-c2ccc(F)c(C)c2)nc(C(O)(CNC(=O)c2ccc(OCC(=O)O)c(OC)c2)C(F)(F)F)c1. The summed E-state index contributed by atoms with van der Waals surface area (Å²) < 4.78 is 67.6. The molecule has 5 N–H and O–H groups in total. The first-order valence-electron chi connectivity index (χ1n) is 13.7. The Bertz CT molecular complexity index is 1480. The highest BCUT2D eigenvalue weighted by atomic mass is 19.4. The molecule has 1 heterocycles. The number of aliphatic hydroxyl groups is 1. The zero-order chi connectivity index (χ0) is 33.5. The summed E-state index contributed by atoms with van der Waals surface area (Å²) in [6.07, 6.45) is -4.97. The molecule has 0 bridgehead atoms. The second-order valence-corrected chi connectivity index (χ2v) is 9.95. The maximum absolute atomic E-state index is 14.5. The molecule has 9 nitrogen and oxygen atoms in total. The van der Waals surface area contributed by atoms with Gasteiger partial charge in [-0.3, -0.25) is 4.79 Å². The first-order chi connectivity index (χ1) is 20.5. The number of amides is 1. The number of pyridine rings is 1. The number of hydrogen-bond donors (Lipinski definition) is 4. The molecule has 2 atom stereocenters. The predicted molar refractivity (Wildman–Crippen MR) is 156 cm³/mol. The number of ether oxygens (including phenoxy) is 2. The zero-order valence-corrected chi connectivity index (χ0v) is 25.3. The Hall–Kier alpha value is -4.23. The Morgan fingerprint density at radius 1 is 1.05 bits per heavy atom. The van der Waals surface area contributed by atoms with Crippen molar-refractivity contribution >= 4 is 11.9 Å². The summed E-state index contributed by atoms with van der Waals surface area (Å²) in [7, 11) is 1.23. The summed E-state index contributed by atoms with van der Waals surface area (Å²) in [5, 5.41) is 22.0. The average molecular weight is 624 g/mol. The van der Waals surface area contributed by atoms with Gasteiger partial charge in [-0.05, 0) is 79.9 Å². The quantitative estimate of drug-likeness (QED) is 0.206. The van der Waals surface area contributed by atoms with Crippen LogP contribution in [-0.4, -0.2) is 53.5 Å². The number of aryl methyl sites for hydroxylation is 1. The van der Waals surface area contributed by atoms with E-state index >= 15 is 0 Å². The van der Waals surface area contributed by atoms with Crippen molar-refractivity contribution in [1.82, 2.24) is 10.3 Å². The molecule has 2 unspecified atom stereocenters. The Labute approximate surface area is 253 Å². The van der Waals surface area contributed by atoms with Crippen LogP contribution in [0.4, 0.5) is 17.6 Å². The fourth-order valence-electron chi connectivity index (χ4n) is 3.94. The highest BCUT2D eigenvalue weighted by Crippen LogP contribution is 2.40. The lowest BCUT2D eigenvalue weighted by Gasteiger charge is -2.32. The van der Waals surface area contributed by atoms with E-state index in [4.69, 9.17) is 20.3 Å². The lowest BCUT2D eigenvalue weighted by molar-refractivity contribution is -0.265. The number of carboxylic acid groups (broad SMARTS) is 1. The van der Waals surface area contributed by atoms with Crippen LogP contribution in [0.3, 0.4) is 0 Å². The van der Waals surface area contributed by atoms with Crippen molar-refractivity contribution in [3.8, 4) is 22.8 Å². The van der Waals surface area contributed by atoms with E-state index in [2.05, 4.69) is 10.3 Å². The molecule has 0 saturated carbocycles. The fourth-order valence-corrected chi connectivity index (χ4v) is 3.94. The molecular formula is C31H37F4N3O6. The number of carboxylic acids is 1. The van der Waals surface area contributed by atoms with Gasteiger partial charge in [0.1, 0.15) is 5.82 Å². The maximum atomic E-state index is 14.5. The van der Waals surface area contributed by atoms with Crippen LogP contribution in [0.5, 0.6) is 11.5 Å². The van der Waals surface area contributed by atoms with Crippen LogP contribution in [0.25, 0.3) is 11.3 Å². The number of carbonyl (C=O) groups is 2. The van der Waals surface area contributed by atoms with Gasteiger partial charge in [-0.25, -0.2) is 14.2 Å². The van der Waals surface area contributed by atoms with Gasteiger partial charge in [0.05, 0.1) is 25.0 Å². The van der Waals surface area contributed by atoms with Crippen molar-refractivity contribution in [1.29, 1.82) is 0 Å². The van der Waals surface area contributed by atoms with E-state index in [9.17, 15) is 32.3 Å². The van der Waals surface area contributed by atoms with Gasteiger partial charge < -0.3 is 30.7 Å². The number of rotatable bonds is 11. The lowest BCUT2D eigenvalue weighted by Crippen LogP contribution is -2.51. The molecule has 0 aliphatic carbocycles. The average Bonchev–Trinajstić information content (AvgIpc) is 2.99. The van der Waals surface area contributed by atoms with E-state index in [1.165, 1.54) is 44.4 Å². The van der Waals surface area contributed by atoms with E-state index in [1.807, 2.05) is 13.8 Å². The number of hydrogen-bond acceptors (Lipinski definition) is 7. The largest absolute Gasteiger partial charge is 0.493 e. The van der Waals surface area contributed by atoms with Gasteiger partial charge in [0.2, 0.25) is 5.60 Å². The van der Waals surface area contributed by atoms with Crippen LogP contribution in [0, 0.1) is 12.7 Å². The van der Waals surface area contributed by atoms with Gasteiger partial charge in [0.15, 0.2) is 18.1 Å². The fraction of sp³-hybridized carbons (Fsp3) is 0.387. The topological polar surface area (TPSA) is 144 Å².